The van der Waals surface area contributed by atoms with E-state index < -0.39 is 32.3 Å². The topological polar surface area (TPSA) is 225 Å². The van der Waals surface area contributed by atoms with E-state index in [9.17, 15) is 18.7 Å². The van der Waals surface area contributed by atoms with Crippen LogP contribution < -0.4 is 20.9 Å². The fourth-order valence-corrected chi connectivity index (χ4v) is 13.6. The number of aldehydes is 1. The largest absolute Gasteiger partial charge is 0.394 e. The molecule has 2 aliphatic carbocycles. The van der Waals surface area contributed by atoms with E-state index in [4.69, 9.17) is 39.9 Å². The monoisotopic (exact) mass is 1450 g/mol. The first-order chi connectivity index (χ1) is 42.9. The van der Waals surface area contributed by atoms with Crippen molar-refractivity contribution in [3.8, 4) is 22.3 Å². The van der Waals surface area contributed by atoms with E-state index in [1.807, 2.05) is 21.5 Å². The zero-order valence-electron chi connectivity index (χ0n) is 54.9. The first kappa shape index (κ1) is 72.0. The minimum absolute atomic E-state index is 0.0823. The summed E-state index contributed by atoms with van der Waals surface area (Å²) in [6, 6.07) is 17.0. The molecule has 19 nitrogen and oxygen atoms in total. The van der Waals surface area contributed by atoms with Crippen LogP contribution in [-0.4, -0.2) is 166 Å². The van der Waals surface area contributed by atoms with E-state index in [1.165, 1.54) is 24.3 Å². The zero-order chi connectivity index (χ0) is 66.1. The number of hydrogen-bond acceptors (Lipinski definition) is 17. The van der Waals surface area contributed by atoms with Gasteiger partial charge in [0.15, 0.2) is 29.2 Å². The maximum atomic E-state index is 14.1. The lowest BCUT2D eigenvalue weighted by molar-refractivity contribution is 0.0939. The number of nitrogens with two attached hydrogens (primary N) is 1. The van der Waals surface area contributed by atoms with Crippen LogP contribution in [0.3, 0.4) is 0 Å². The van der Waals surface area contributed by atoms with E-state index >= 15 is 0 Å². The van der Waals surface area contributed by atoms with Gasteiger partial charge in [0.25, 0.3) is 0 Å². The molecule has 6 aromatic heterocycles. The predicted octanol–water partition coefficient (Wildman–Crippen LogP) is 13.5. The third-order valence-electron chi connectivity index (χ3n) is 15.8. The Morgan fingerprint density at radius 1 is 0.593 bits per heavy atom. The Hall–Kier alpha value is -4.86. The summed E-state index contributed by atoms with van der Waals surface area (Å²) >= 11 is 7.48. The number of aliphatic hydroxyl groups excluding tert-OH is 2. The number of fused-ring (bicyclic) bond motifs is 4. The molecule has 6 heterocycles. The van der Waals surface area contributed by atoms with Gasteiger partial charge >= 0.3 is 0 Å². The molecule has 0 unspecified atom stereocenters. The van der Waals surface area contributed by atoms with E-state index in [0.29, 0.717) is 102 Å². The third-order valence-corrected chi connectivity index (χ3v) is 24.2. The van der Waals surface area contributed by atoms with Gasteiger partial charge in [-0.2, -0.15) is 19.2 Å². The molecule has 8 aromatic rings. The fraction of sp³-hybridized carbons (Fsp3) is 0.516. The lowest BCUT2D eigenvalue weighted by Crippen LogP contribution is -2.36. The number of aliphatic hydroxyl groups is 2. The number of anilines is 2. The van der Waals surface area contributed by atoms with Crippen LogP contribution in [0.5, 0.6) is 0 Å². The number of hydrogen-bond donors (Lipinski definition) is 4. The summed E-state index contributed by atoms with van der Waals surface area (Å²) in [7, 11) is -5.09. The molecule has 0 spiro atoms. The van der Waals surface area contributed by atoms with Crippen LogP contribution in [0, 0.1) is 11.6 Å². The molecule has 27 heteroatoms. The van der Waals surface area contributed by atoms with Crippen molar-refractivity contribution < 1.29 is 42.7 Å². The summed E-state index contributed by atoms with van der Waals surface area (Å²) in [6.07, 6.45) is 11.5. The molecule has 0 amide bonds. The van der Waals surface area contributed by atoms with Crippen LogP contribution in [0.1, 0.15) is 41.9 Å². The Kier molecular flexibility index (Phi) is 24.3. The van der Waals surface area contributed by atoms with E-state index in [-0.39, 0.29) is 55.1 Å². The maximum absolute atomic E-state index is 14.1. The highest BCUT2D eigenvalue weighted by Gasteiger charge is 2.42. The SMILES string of the molecule is C[Si](C)(C)CCOCN(COCC[Si](C)(C)C)c1c(Br)c(C=O)nc2c(-c3cnc4ccc(F)cc4c3)cnn12.C[Si](C)(C)CCOCN(COCC[Si](C)(C)C)c1c(Br)c(CNC2(CO)CC2)nc2c(-c3cnc4ccc(F)cc4c3)cnn12.NC1(CO)CC1. The quantitative estimate of drug-likeness (QED) is 0.0142. The summed E-state index contributed by atoms with van der Waals surface area (Å²) in [4.78, 5) is 34.9. The molecule has 91 heavy (non-hydrogen) atoms. The minimum atomic E-state index is -1.27. The highest BCUT2D eigenvalue weighted by molar-refractivity contribution is 9.11. The number of benzene rings is 2. The second-order valence-corrected chi connectivity index (χ2v) is 53.0. The second-order valence-electron chi connectivity index (χ2n) is 28.9. The van der Waals surface area contributed by atoms with Gasteiger partial charge < -0.3 is 50.0 Å². The Morgan fingerprint density at radius 3 is 1.35 bits per heavy atom. The number of carbonyl (C=O) groups excluding carboxylic acids is 1. The van der Waals surface area contributed by atoms with Crippen molar-refractivity contribution >= 4 is 115 Å². The van der Waals surface area contributed by atoms with Crippen LogP contribution in [-0.2, 0) is 25.5 Å². The summed E-state index contributed by atoms with van der Waals surface area (Å²) in [5.74, 6) is 0.741. The van der Waals surface area contributed by atoms with Crippen molar-refractivity contribution in [2.75, 3.05) is 76.4 Å². The van der Waals surface area contributed by atoms with Crippen LogP contribution in [0.25, 0.3) is 55.4 Å². The third kappa shape index (κ3) is 20.6. The Labute approximate surface area is 554 Å². The molecule has 0 aliphatic heterocycles. The van der Waals surface area contributed by atoms with Gasteiger partial charge in [0.1, 0.15) is 44.3 Å². The van der Waals surface area contributed by atoms with E-state index in [0.717, 1.165) is 82.5 Å². The van der Waals surface area contributed by atoms with E-state index in [1.54, 1.807) is 41.4 Å². The summed E-state index contributed by atoms with van der Waals surface area (Å²) in [5.41, 5.74) is 11.5. The number of carbonyl (C=O) groups is 1. The number of rotatable bonds is 30. The Morgan fingerprint density at radius 2 is 1.00 bits per heavy atom. The van der Waals surface area contributed by atoms with E-state index in [2.05, 4.69) is 141 Å². The van der Waals surface area contributed by atoms with Gasteiger partial charge in [-0.15, -0.1) is 0 Å². The highest BCUT2D eigenvalue weighted by Crippen LogP contribution is 2.39. The van der Waals surface area contributed by atoms with Gasteiger partial charge in [0, 0.05) is 122 Å². The molecule has 0 bridgehead atoms. The minimum Gasteiger partial charge on any atom is -0.394 e. The van der Waals surface area contributed by atoms with Crippen LogP contribution >= 0.6 is 31.9 Å². The van der Waals surface area contributed by atoms with Gasteiger partial charge in [-0.25, -0.2) is 18.7 Å². The molecule has 2 saturated carbocycles. The Balaban J connectivity index is 0.000000215. The Bertz CT molecular complexity index is 3730. The van der Waals surface area contributed by atoms with Crippen molar-refractivity contribution in [3.05, 3.63) is 105 Å². The van der Waals surface area contributed by atoms with Crippen molar-refractivity contribution in [1.29, 1.82) is 0 Å². The van der Waals surface area contributed by atoms with Gasteiger partial charge in [0.2, 0.25) is 0 Å². The average molecular weight is 1450 g/mol. The lowest BCUT2D eigenvalue weighted by Gasteiger charge is -2.28. The maximum Gasteiger partial charge on any atom is 0.169 e. The lowest BCUT2D eigenvalue weighted by atomic mass is 10.1. The van der Waals surface area contributed by atoms with Gasteiger partial charge in [-0.3, -0.25) is 14.8 Å². The molecule has 2 aliphatic rings. The van der Waals surface area contributed by atoms with Gasteiger partial charge in [-0.05, 0) is 130 Å². The first-order valence-corrected chi connectivity index (χ1v) is 47.6. The first-order valence-electron chi connectivity index (χ1n) is 31.2. The predicted molar refractivity (Wildman–Crippen MR) is 378 cm³/mol. The number of pyridine rings is 2. The number of nitrogens with one attached hydrogen (secondary N) is 1. The second kappa shape index (κ2) is 30.7. The van der Waals surface area contributed by atoms with Crippen LogP contribution in [0.2, 0.25) is 103 Å². The highest BCUT2D eigenvalue weighted by atomic mass is 79.9. The average Bonchev–Trinajstić information content (AvgIpc) is 1.68. The molecule has 0 saturated heterocycles. The summed E-state index contributed by atoms with van der Waals surface area (Å²) in [5, 5.41) is 32.7. The standard InChI is InChI=1S/C32H46BrFN6O3Si2.C28H37BrFN5O3Si2.C4H9NO/c1-44(2,3)13-11-42-21-39(22-43-12-14-45(4,5)6)31-29(33)28(19-36-32(20-41)9-10-32)38-30-26(18-37-40(30)31)24-15-23-16-25(34)7-8-27(23)35-17-24;1-39(2,3)11-9-37-18-34(19-38-10-12-40(4,5)6)28-26(29)25(17-36)33-27-23(16-32-35(27)28)21-13-20-14-22(30)7-8-24(20)31-15-21;5-4(3-6)1-2-4/h7-8,15-18,36,41H,9-14,19-22H2,1-6H3;7-8,13-17H,9-12,18-19H2,1-6H3;6H,1-3,5H2. The van der Waals surface area contributed by atoms with Crippen LogP contribution in [0.4, 0.5) is 20.4 Å². The van der Waals surface area contributed by atoms with Crippen molar-refractivity contribution in [3.63, 3.8) is 0 Å². The number of aromatic nitrogens is 8. The summed E-state index contributed by atoms with van der Waals surface area (Å²) in [6.45, 7) is 32.4. The number of ether oxygens (including phenoxy) is 4. The molecule has 10 rings (SSSR count). The van der Waals surface area contributed by atoms with Gasteiger partial charge in [0.05, 0.1) is 51.3 Å². The summed E-state index contributed by atoms with van der Waals surface area (Å²) < 4.78 is 57.6. The van der Waals surface area contributed by atoms with Crippen molar-refractivity contribution in [2.45, 2.75) is 146 Å². The molecule has 0 radical (unpaired) electrons. The zero-order valence-corrected chi connectivity index (χ0v) is 62.1. The molecule has 5 N–H and O–H groups in total. The molecule has 494 valence electrons. The molecule has 0 atom stereocenters. The van der Waals surface area contributed by atoms with Crippen LogP contribution in [0.15, 0.2) is 82.3 Å². The normalized spacial score (nSPS) is 14.6. The van der Waals surface area contributed by atoms with Gasteiger partial charge in [-0.1, -0.05) is 78.6 Å². The fourth-order valence-electron chi connectivity index (χ4n) is 9.29. The molecular formula is C64H92Br2F2N12O7Si4. The van der Waals surface area contributed by atoms with Crippen molar-refractivity contribution in [2.24, 2.45) is 5.73 Å². The number of halogens is 4. The molecular weight excluding hydrogens is 1360 g/mol. The smallest absolute Gasteiger partial charge is 0.169 e. The number of nitrogens with zero attached hydrogens (tertiary/aromatic N) is 10. The molecule has 2 aromatic carbocycles. The van der Waals surface area contributed by atoms with Crippen molar-refractivity contribution in [1.82, 2.24) is 44.5 Å². The molecule has 2 fully saturated rings.